The molecule has 2 rings (SSSR count). The Labute approximate surface area is 139 Å². The Morgan fingerprint density at radius 3 is 2.25 bits per heavy atom. The van der Waals surface area contributed by atoms with Crippen molar-refractivity contribution in [1.82, 2.24) is 0 Å². The molecule has 6 nitrogen and oxygen atoms in total. The second kappa shape index (κ2) is 7.92. The smallest absolute Gasteiger partial charge is 0.257 e. The van der Waals surface area contributed by atoms with Crippen LogP contribution >= 0.6 is 0 Å². The number of hydrogen-bond donors (Lipinski definition) is 2. The van der Waals surface area contributed by atoms with Gasteiger partial charge in [0.2, 0.25) is 5.91 Å². The van der Waals surface area contributed by atoms with E-state index in [1.807, 2.05) is 19.1 Å². The summed E-state index contributed by atoms with van der Waals surface area (Å²) in [4.78, 5) is 34.6. The topological polar surface area (TPSA) is 98.3 Å². The Kier molecular flexibility index (Phi) is 5.68. The summed E-state index contributed by atoms with van der Waals surface area (Å²) in [6.45, 7) is 1.95. The van der Waals surface area contributed by atoms with Crippen LogP contribution in [0.15, 0.2) is 48.5 Å². The van der Waals surface area contributed by atoms with Crippen LogP contribution in [0.2, 0.25) is 0 Å². The fraction of sp³-hybridized carbons (Fsp3) is 0.167. The molecule has 124 valence electrons. The maximum atomic E-state index is 12.4. The molecule has 0 aliphatic rings. The van der Waals surface area contributed by atoms with Gasteiger partial charge in [0, 0.05) is 18.1 Å². The van der Waals surface area contributed by atoms with Crippen molar-refractivity contribution >= 4 is 29.2 Å². The van der Waals surface area contributed by atoms with Crippen molar-refractivity contribution in [1.29, 1.82) is 0 Å². The highest BCUT2D eigenvalue weighted by atomic mass is 16.4. The molecule has 0 heterocycles. The lowest BCUT2D eigenvalue weighted by Gasteiger charge is -2.12. The molecule has 0 radical (unpaired) electrons. The summed E-state index contributed by atoms with van der Waals surface area (Å²) < 4.78 is 0. The number of anilines is 2. The number of hydrogen-bond acceptors (Lipinski definition) is 4. The van der Waals surface area contributed by atoms with E-state index in [2.05, 4.69) is 10.6 Å². The average Bonchev–Trinajstić information content (AvgIpc) is 2.55. The van der Waals surface area contributed by atoms with Crippen molar-refractivity contribution in [2.75, 3.05) is 10.6 Å². The van der Waals surface area contributed by atoms with E-state index in [1.165, 1.54) is 0 Å². The molecule has 0 saturated heterocycles. The van der Waals surface area contributed by atoms with Crippen LogP contribution in [0, 0.1) is 6.92 Å². The number of amides is 2. The van der Waals surface area contributed by atoms with Gasteiger partial charge in [0.05, 0.1) is 11.3 Å². The number of carbonyl (C=O) groups is 3. The molecule has 2 aromatic rings. The zero-order valence-corrected chi connectivity index (χ0v) is 13.2. The van der Waals surface area contributed by atoms with Crippen LogP contribution in [0.25, 0.3) is 0 Å². The Hall–Kier alpha value is -3.15. The van der Waals surface area contributed by atoms with E-state index in [4.69, 9.17) is 0 Å². The normalized spacial score (nSPS) is 10.0. The number of carboxylic acid groups (broad SMARTS) is 1. The minimum atomic E-state index is -1.30. The number of carbonyl (C=O) groups excluding carboxylic acids is 3. The van der Waals surface area contributed by atoms with E-state index in [-0.39, 0.29) is 18.7 Å². The molecule has 6 heteroatoms. The first-order valence-corrected chi connectivity index (χ1v) is 7.42. The van der Waals surface area contributed by atoms with Gasteiger partial charge in [-0.05, 0) is 37.6 Å². The Morgan fingerprint density at radius 1 is 0.917 bits per heavy atom. The van der Waals surface area contributed by atoms with Crippen LogP contribution in [0.4, 0.5) is 11.4 Å². The van der Waals surface area contributed by atoms with Crippen LogP contribution in [0.3, 0.4) is 0 Å². The van der Waals surface area contributed by atoms with E-state index >= 15 is 0 Å². The number of aliphatic carboxylic acids is 1. The van der Waals surface area contributed by atoms with Crippen molar-refractivity contribution in [3.63, 3.8) is 0 Å². The van der Waals surface area contributed by atoms with E-state index < -0.39 is 11.9 Å². The van der Waals surface area contributed by atoms with Gasteiger partial charge in [-0.3, -0.25) is 9.59 Å². The molecule has 0 spiro atoms. The van der Waals surface area contributed by atoms with Gasteiger partial charge in [-0.2, -0.15) is 0 Å². The Morgan fingerprint density at radius 2 is 1.58 bits per heavy atom. The molecule has 0 aliphatic heterocycles. The molecule has 0 fully saturated rings. The first-order valence-electron chi connectivity index (χ1n) is 7.42. The zero-order chi connectivity index (χ0) is 17.5. The van der Waals surface area contributed by atoms with Gasteiger partial charge in [-0.1, -0.05) is 29.8 Å². The van der Waals surface area contributed by atoms with Crippen LogP contribution in [-0.2, 0) is 9.59 Å². The fourth-order valence-electron chi connectivity index (χ4n) is 2.05. The lowest BCUT2D eigenvalue weighted by Crippen LogP contribution is -2.24. The highest BCUT2D eigenvalue weighted by Gasteiger charge is 2.13. The molecule has 2 aromatic carbocycles. The van der Waals surface area contributed by atoms with E-state index in [1.54, 1.807) is 36.4 Å². The maximum absolute atomic E-state index is 12.4. The number of carboxylic acids is 1. The van der Waals surface area contributed by atoms with Crippen LogP contribution in [0.1, 0.15) is 28.8 Å². The van der Waals surface area contributed by atoms with Gasteiger partial charge in [-0.25, -0.2) is 0 Å². The number of para-hydroxylation sites is 1. The van der Waals surface area contributed by atoms with Gasteiger partial charge in [0.25, 0.3) is 5.91 Å². The molecule has 0 saturated carbocycles. The maximum Gasteiger partial charge on any atom is 0.257 e. The van der Waals surface area contributed by atoms with Crippen LogP contribution in [0.5, 0.6) is 0 Å². The molecule has 0 aliphatic carbocycles. The second-order valence-electron chi connectivity index (χ2n) is 5.29. The number of aryl methyl sites for hydroxylation is 1. The Bertz CT molecular complexity index is 754. The predicted molar refractivity (Wildman–Crippen MR) is 88.4 cm³/mol. The summed E-state index contributed by atoms with van der Waals surface area (Å²) in [5.41, 5.74) is 2.34. The minimum absolute atomic E-state index is 0.212. The van der Waals surface area contributed by atoms with Crippen molar-refractivity contribution in [3.8, 4) is 0 Å². The lowest BCUT2D eigenvalue weighted by atomic mass is 10.1. The number of nitrogens with one attached hydrogen (secondary N) is 2. The first kappa shape index (κ1) is 17.2. The van der Waals surface area contributed by atoms with E-state index in [0.717, 1.165) is 5.56 Å². The molecule has 0 aromatic heterocycles. The molecule has 0 atom stereocenters. The third-order valence-electron chi connectivity index (χ3n) is 3.31. The molecule has 2 N–H and O–H groups in total. The van der Waals surface area contributed by atoms with Gasteiger partial charge < -0.3 is 20.5 Å². The largest absolute Gasteiger partial charge is 0.550 e. The van der Waals surface area contributed by atoms with Crippen molar-refractivity contribution in [2.45, 2.75) is 19.8 Å². The molecule has 24 heavy (non-hydrogen) atoms. The summed E-state index contributed by atoms with van der Waals surface area (Å²) in [5, 5.41) is 15.7. The molecule has 0 unspecified atom stereocenters. The second-order valence-corrected chi connectivity index (χ2v) is 5.29. The van der Waals surface area contributed by atoms with Crippen LogP contribution < -0.4 is 15.7 Å². The van der Waals surface area contributed by atoms with Gasteiger partial charge >= 0.3 is 0 Å². The minimum Gasteiger partial charge on any atom is -0.550 e. The number of rotatable bonds is 6. The molecule has 2 amide bonds. The SMILES string of the molecule is Cc1ccc(NC(=O)c2ccccc2NC(=O)CCC(=O)[O-])cc1. The van der Waals surface area contributed by atoms with Crippen molar-refractivity contribution in [2.24, 2.45) is 0 Å². The van der Waals surface area contributed by atoms with Crippen LogP contribution in [-0.4, -0.2) is 17.8 Å². The molecule has 0 bridgehead atoms. The summed E-state index contributed by atoms with van der Waals surface area (Å²) in [5.74, 6) is -2.15. The third kappa shape index (κ3) is 4.95. The monoisotopic (exact) mass is 325 g/mol. The van der Waals surface area contributed by atoms with Crippen molar-refractivity contribution < 1.29 is 19.5 Å². The fourth-order valence-corrected chi connectivity index (χ4v) is 2.05. The number of benzene rings is 2. The summed E-state index contributed by atoms with van der Waals surface area (Å²) >= 11 is 0. The van der Waals surface area contributed by atoms with E-state index in [9.17, 15) is 19.5 Å². The highest BCUT2D eigenvalue weighted by Crippen LogP contribution is 2.18. The summed E-state index contributed by atoms with van der Waals surface area (Å²) in [7, 11) is 0. The summed E-state index contributed by atoms with van der Waals surface area (Å²) in [6.07, 6.45) is -0.584. The lowest BCUT2D eigenvalue weighted by molar-refractivity contribution is -0.305. The summed E-state index contributed by atoms with van der Waals surface area (Å²) in [6, 6.07) is 13.9. The predicted octanol–water partition coefficient (Wildman–Crippen LogP) is 1.72. The highest BCUT2D eigenvalue weighted by molar-refractivity contribution is 6.10. The Balaban J connectivity index is 2.09. The van der Waals surface area contributed by atoms with Gasteiger partial charge in [-0.15, -0.1) is 0 Å². The van der Waals surface area contributed by atoms with Gasteiger partial charge in [0.1, 0.15) is 0 Å². The first-order chi connectivity index (χ1) is 11.5. The standard InChI is InChI=1S/C18H18N2O4/c1-12-6-8-13(9-7-12)19-18(24)14-4-2-3-5-15(14)20-16(21)10-11-17(22)23/h2-9H,10-11H2,1H3,(H,19,24)(H,20,21)(H,22,23)/p-1. The van der Waals surface area contributed by atoms with Gasteiger partial charge in [0.15, 0.2) is 0 Å². The quantitative estimate of drug-likeness (QED) is 0.845. The van der Waals surface area contributed by atoms with Crippen molar-refractivity contribution in [3.05, 3.63) is 59.7 Å². The molecular weight excluding hydrogens is 308 g/mol. The average molecular weight is 325 g/mol. The third-order valence-corrected chi connectivity index (χ3v) is 3.31. The molecular formula is C18H17N2O4-. The zero-order valence-electron chi connectivity index (χ0n) is 13.2. The van der Waals surface area contributed by atoms with E-state index in [0.29, 0.717) is 16.9 Å².